The van der Waals surface area contributed by atoms with Gasteiger partial charge in [0.05, 0.1) is 21.2 Å². The van der Waals surface area contributed by atoms with E-state index in [0.717, 1.165) is 12.1 Å². The predicted octanol–water partition coefficient (Wildman–Crippen LogP) is 0.187. The van der Waals surface area contributed by atoms with E-state index in [9.17, 15) is 4.79 Å². The first-order valence-corrected chi connectivity index (χ1v) is 5.89. The molecule has 0 amide bonds. The largest absolute Gasteiger partial charge is 0.471 e. The van der Waals surface area contributed by atoms with Crippen molar-refractivity contribution in [2.24, 2.45) is 20.0 Å². The van der Waals surface area contributed by atoms with Crippen LogP contribution in [0, 0.1) is 5.92 Å². The molecule has 1 heterocycles. The Morgan fingerprint density at radius 1 is 1.59 bits per heavy atom. The fourth-order valence-electron chi connectivity index (χ4n) is 1.91. The molecule has 0 fully saturated rings. The van der Waals surface area contributed by atoms with Gasteiger partial charge in [-0.25, -0.2) is 0 Å². The number of hydrogen-bond donors (Lipinski definition) is 0. The molecule has 17 heavy (non-hydrogen) atoms. The summed E-state index contributed by atoms with van der Waals surface area (Å²) in [4.78, 5) is 11.7. The molecule has 2 radical (unpaired) electrons. The molecule has 0 aromatic carbocycles. The van der Waals surface area contributed by atoms with Crippen LogP contribution in [-0.2, 0) is 23.6 Å². The third kappa shape index (κ3) is 3.61. The Kier molecular flexibility index (Phi) is 4.79. The zero-order valence-electron chi connectivity index (χ0n) is 11.3. The lowest BCUT2D eigenvalue weighted by atomic mass is 9.60. The van der Waals surface area contributed by atoms with Crippen molar-refractivity contribution in [3.63, 3.8) is 0 Å². The zero-order chi connectivity index (χ0) is 13.0. The fourth-order valence-corrected chi connectivity index (χ4v) is 1.91. The molecule has 0 aliphatic heterocycles. The minimum Gasteiger partial charge on any atom is -0.471 e. The predicted molar refractivity (Wildman–Crippen MR) is 67.2 cm³/mol. The van der Waals surface area contributed by atoms with Gasteiger partial charge in [-0.2, -0.15) is 7.28 Å². The van der Waals surface area contributed by atoms with E-state index < -0.39 is 0 Å². The van der Waals surface area contributed by atoms with Gasteiger partial charge in [0.1, 0.15) is 12.4 Å². The van der Waals surface area contributed by atoms with Crippen molar-refractivity contribution >= 4 is 19.0 Å². The average molecular weight is 236 g/mol. The maximum atomic E-state index is 11.7. The molecule has 1 aromatic rings. The Morgan fingerprint density at radius 3 is 2.65 bits per heavy atom. The van der Waals surface area contributed by atoms with Crippen molar-refractivity contribution in [3.8, 4) is 0 Å². The Labute approximate surface area is 104 Å². The zero-order valence-corrected chi connectivity index (χ0v) is 11.3. The topological polar surface area (TPSA) is 35.1 Å². The molecule has 4 nitrogen and oxygen atoms in total. The van der Waals surface area contributed by atoms with Gasteiger partial charge in [0, 0.05) is 5.72 Å². The quantitative estimate of drug-likeness (QED) is 0.415. The lowest BCUT2D eigenvalue weighted by Gasteiger charge is -2.25. The van der Waals surface area contributed by atoms with Gasteiger partial charge < -0.3 is 4.74 Å². The van der Waals surface area contributed by atoms with Crippen molar-refractivity contribution in [1.29, 1.82) is 0 Å². The molecule has 0 bridgehead atoms. The lowest BCUT2D eigenvalue weighted by Crippen LogP contribution is -2.51. The molecule has 1 aromatic heterocycles. The van der Waals surface area contributed by atoms with E-state index in [4.69, 9.17) is 4.74 Å². The summed E-state index contributed by atoms with van der Waals surface area (Å²) >= 11 is 0. The second kappa shape index (κ2) is 5.89. The van der Waals surface area contributed by atoms with Crippen molar-refractivity contribution in [2.45, 2.75) is 26.1 Å². The van der Waals surface area contributed by atoms with Gasteiger partial charge in [-0.3, -0.25) is 13.9 Å². The van der Waals surface area contributed by atoms with E-state index in [1.165, 1.54) is 7.11 Å². The number of aryl methyl sites for hydroxylation is 2. The van der Waals surface area contributed by atoms with Crippen LogP contribution in [-0.4, -0.2) is 24.9 Å². The highest BCUT2D eigenvalue weighted by Crippen LogP contribution is 2.17. The third-order valence-electron chi connectivity index (χ3n) is 2.82. The first-order chi connectivity index (χ1) is 7.95. The number of methoxy groups -OCH3 is 1. The van der Waals surface area contributed by atoms with E-state index in [0.29, 0.717) is 5.92 Å². The van der Waals surface area contributed by atoms with Crippen LogP contribution in [0.1, 0.15) is 20.3 Å². The molecule has 94 valence electrons. The Hall–Kier alpha value is -1.26. The van der Waals surface area contributed by atoms with Gasteiger partial charge in [-0.05, 0) is 5.92 Å². The monoisotopic (exact) mass is 236 g/mol. The van der Waals surface area contributed by atoms with Crippen LogP contribution >= 0.6 is 0 Å². The van der Waals surface area contributed by atoms with Crippen molar-refractivity contribution in [3.05, 3.63) is 12.4 Å². The van der Waals surface area contributed by atoms with Crippen molar-refractivity contribution < 1.29 is 14.1 Å². The fraction of sp³-hybridized carbons (Fsp3) is 0.667. The maximum Gasteiger partial charge on any atom is 0.268 e. The summed E-state index contributed by atoms with van der Waals surface area (Å²) in [5.41, 5.74) is 1.01. The van der Waals surface area contributed by atoms with E-state index in [-0.39, 0.29) is 11.8 Å². The van der Waals surface area contributed by atoms with Gasteiger partial charge in [0.15, 0.2) is 0 Å². The van der Waals surface area contributed by atoms with Crippen LogP contribution in [0.15, 0.2) is 12.4 Å². The smallest absolute Gasteiger partial charge is 0.268 e. The first kappa shape index (κ1) is 13.8. The normalized spacial score (nSPS) is 12.8. The van der Waals surface area contributed by atoms with Crippen molar-refractivity contribution in [2.75, 3.05) is 7.11 Å². The number of esters is 1. The molecule has 1 unspecified atom stereocenters. The molecular weight excluding hydrogens is 215 g/mol. The van der Waals surface area contributed by atoms with Crippen LogP contribution in [0.2, 0.25) is 5.82 Å². The number of rotatable bonds is 5. The molecule has 1 rings (SSSR count). The second-order valence-corrected chi connectivity index (χ2v) is 4.80. The molecule has 0 spiro atoms. The number of imidazole rings is 1. The Bertz CT molecular complexity index is 368. The SMILES string of the molecule is COC(=O)C([B-]c1n(C)cc[n+]1C)CC(C)C. The summed E-state index contributed by atoms with van der Waals surface area (Å²) in [6.07, 6.45) is 4.74. The highest BCUT2D eigenvalue weighted by Gasteiger charge is 2.14. The number of nitrogens with zero attached hydrogens (tertiary/aromatic N) is 2. The van der Waals surface area contributed by atoms with Gasteiger partial charge in [0.2, 0.25) is 0 Å². The second-order valence-electron chi connectivity index (χ2n) is 4.80. The minimum atomic E-state index is -0.181. The molecule has 0 aliphatic rings. The molecule has 5 heteroatoms. The lowest BCUT2D eigenvalue weighted by molar-refractivity contribution is -0.653. The Morgan fingerprint density at radius 2 is 2.24 bits per heavy atom. The van der Waals surface area contributed by atoms with Crippen LogP contribution in [0.3, 0.4) is 0 Å². The summed E-state index contributed by atoms with van der Waals surface area (Å²) in [6, 6.07) is 0. The average Bonchev–Trinajstić information content (AvgIpc) is 2.58. The van der Waals surface area contributed by atoms with E-state index in [1.54, 1.807) is 0 Å². The molecule has 0 aliphatic carbocycles. The molecule has 1 atom stereocenters. The summed E-state index contributed by atoms with van der Waals surface area (Å²) in [5.74, 6) is 0.112. The van der Waals surface area contributed by atoms with E-state index in [2.05, 4.69) is 13.8 Å². The molecular formula is C12H21BN2O2. The summed E-state index contributed by atoms with van der Waals surface area (Å²) in [7, 11) is 7.35. The minimum absolute atomic E-state index is 0.167. The standard InChI is InChI=1S/C12H21BN2O2/c1-9(2)8-10(11(16)17-5)13-12-14(3)6-7-15(12)4/h6-7,9-10H,8H2,1-5H3. The Balaban J connectivity index is 2.82. The number of ether oxygens (including phenoxy) is 1. The molecule has 0 saturated carbocycles. The summed E-state index contributed by atoms with van der Waals surface area (Å²) in [6.45, 7) is 4.21. The van der Waals surface area contributed by atoms with Crippen LogP contribution in [0.25, 0.3) is 0 Å². The van der Waals surface area contributed by atoms with E-state index >= 15 is 0 Å². The number of carbonyl (C=O) groups is 1. The number of carbonyl (C=O) groups excluding carboxylic acids is 1. The number of hydrogen-bond acceptors (Lipinski definition) is 2. The van der Waals surface area contributed by atoms with Crippen LogP contribution in [0.5, 0.6) is 0 Å². The summed E-state index contributed by atoms with van der Waals surface area (Å²) < 4.78 is 8.85. The van der Waals surface area contributed by atoms with Crippen molar-refractivity contribution in [1.82, 2.24) is 4.57 Å². The molecule has 0 saturated heterocycles. The maximum absolute atomic E-state index is 11.7. The van der Waals surface area contributed by atoms with Gasteiger partial charge in [-0.1, -0.05) is 20.3 Å². The number of aromatic nitrogens is 2. The highest BCUT2D eigenvalue weighted by atomic mass is 16.5. The highest BCUT2D eigenvalue weighted by molar-refractivity contribution is 6.56. The van der Waals surface area contributed by atoms with Crippen LogP contribution < -0.4 is 10.3 Å². The van der Waals surface area contributed by atoms with E-state index in [1.807, 2.05) is 42.9 Å². The summed E-state index contributed by atoms with van der Waals surface area (Å²) in [5, 5.41) is 0. The van der Waals surface area contributed by atoms with Crippen LogP contribution in [0.4, 0.5) is 0 Å². The van der Waals surface area contributed by atoms with Gasteiger partial charge in [-0.15, -0.1) is 5.82 Å². The van der Waals surface area contributed by atoms with Gasteiger partial charge >= 0.3 is 0 Å². The third-order valence-corrected chi connectivity index (χ3v) is 2.82. The first-order valence-electron chi connectivity index (χ1n) is 5.89. The van der Waals surface area contributed by atoms with Gasteiger partial charge in [0.25, 0.3) is 5.97 Å². The molecule has 0 N–H and O–H groups in total.